The van der Waals surface area contributed by atoms with Crippen LogP contribution < -0.4 is 0 Å². The van der Waals surface area contributed by atoms with Crippen LogP contribution in [0, 0.1) is 23.7 Å². The van der Waals surface area contributed by atoms with Crippen molar-refractivity contribution in [3.8, 4) is 0 Å². The van der Waals surface area contributed by atoms with Gasteiger partial charge in [0.1, 0.15) is 0 Å². The van der Waals surface area contributed by atoms with E-state index in [1.54, 1.807) is 0 Å². The van der Waals surface area contributed by atoms with Crippen LogP contribution in [-0.4, -0.2) is 11.2 Å². The molecule has 0 amide bonds. The Labute approximate surface area is 135 Å². The van der Waals surface area contributed by atoms with Gasteiger partial charge < -0.3 is 5.11 Å². The molecular formula is C21H30O. The summed E-state index contributed by atoms with van der Waals surface area (Å²) in [5, 5.41) is 10.7. The minimum absolute atomic E-state index is 0.354. The highest BCUT2D eigenvalue weighted by atomic mass is 16.3. The molecule has 1 N–H and O–H groups in total. The molecule has 1 saturated carbocycles. The topological polar surface area (TPSA) is 20.2 Å². The van der Waals surface area contributed by atoms with Crippen molar-refractivity contribution in [3.63, 3.8) is 0 Å². The lowest BCUT2D eigenvalue weighted by Gasteiger charge is -2.39. The van der Waals surface area contributed by atoms with Crippen molar-refractivity contribution >= 4 is 12.2 Å². The van der Waals surface area contributed by atoms with Crippen molar-refractivity contribution in [1.29, 1.82) is 0 Å². The number of rotatable bonds is 5. The van der Waals surface area contributed by atoms with Gasteiger partial charge in [0, 0.05) is 0 Å². The van der Waals surface area contributed by atoms with E-state index in [0.29, 0.717) is 17.8 Å². The van der Waals surface area contributed by atoms with Crippen LogP contribution in [0.3, 0.4) is 0 Å². The van der Waals surface area contributed by atoms with Crippen LogP contribution >= 0.6 is 0 Å². The largest absolute Gasteiger partial charge is 0.389 e. The monoisotopic (exact) mass is 298 g/mol. The maximum atomic E-state index is 10.7. The first-order chi connectivity index (χ1) is 10.5. The summed E-state index contributed by atoms with van der Waals surface area (Å²) >= 11 is 0. The average molecular weight is 298 g/mol. The number of aliphatic hydroxyl groups excluding tert-OH is 1. The highest BCUT2D eigenvalue weighted by molar-refractivity contribution is 5.64. The maximum absolute atomic E-state index is 10.7. The van der Waals surface area contributed by atoms with E-state index in [1.165, 1.54) is 12.8 Å². The van der Waals surface area contributed by atoms with Crippen molar-refractivity contribution < 1.29 is 5.11 Å². The summed E-state index contributed by atoms with van der Waals surface area (Å²) in [7, 11) is 0. The van der Waals surface area contributed by atoms with E-state index in [-0.39, 0.29) is 6.10 Å². The zero-order chi connectivity index (χ0) is 16.1. The third-order valence-corrected chi connectivity index (χ3v) is 5.20. The Hall–Kier alpha value is -1.34. The molecule has 0 radical (unpaired) electrons. The van der Waals surface area contributed by atoms with Gasteiger partial charge in [-0.25, -0.2) is 0 Å². The molecule has 1 fully saturated rings. The molecule has 0 heterocycles. The quantitative estimate of drug-likeness (QED) is 0.770. The minimum Gasteiger partial charge on any atom is -0.389 e. The van der Waals surface area contributed by atoms with Gasteiger partial charge in [0.05, 0.1) is 6.10 Å². The fourth-order valence-electron chi connectivity index (χ4n) is 3.86. The van der Waals surface area contributed by atoms with Gasteiger partial charge in [-0.1, -0.05) is 76.3 Å². The van der Waals surface area contributed by atoms with E-state index in [9.17, 15) is 5.11 Å². The van der Waals surface area contributed by atoms with Gasteiger partial charge in [-0.05, 0) is 47.6 Å². The highest BCUT2D eigenvalue weighted by Gasteiger charge is 2.34. The normalized spacial score (nSPS) is 27.2. The lowest BCUT2D eigenvalue weighted by molar-refractivity contribution is 0.0431. The van der Waals surface area contributed by atoms with E-state index < -0.39 is 0 Å². The first-order valence-corrected chi connectivity index (χ1v) is 8.60. The predicted octanol–water partition coefficient (Wildman–Crippen LogP) is 5.41. The summed E-state index contributed by atoms with van der Waals surface area (Å²) in [6.07, 6.45) is 9.24. The average Bonchev–Trinajstić information content (AvgIpc) is 2.52. The lowest BCUT2D eigenvalue weighted by Crippen LogP contribution is -2.35. The molecule has 22 heavy (non-hydrogen) atoms. The predicted molar refractivity (Wildman–Crippen MR) is 96.4 cm³/mol. The fraction of sp³-hybridized carbons (Fsp3) is 0.524. The lowest BCUT2D eigenvalue weighted by atomic mass is 9.68. The summed E-state index contributed by atoms with van der Waals surface area (Å²) < 4.78 is 0. The molecule has 1 aromatic carbocycles. The van der Waals surface area contributed by atoms with E-state index >= 15 is 0 Å². The Balaban J connectivity index is 2.13. The molecule has 120 valence electrons. The van der Waals surface area contributed by atoms with E-state index in [0.717, 1.165) is 23.5 Å². The second-order valence-electron chi connectivity index (χ2n) is 7.17. The number of hydrogen-bond donors (Lipinski definition) is 1. The van der Waals surface area contributed by atoms with E-state index in [2.05, 4.69) is 45.6 Å². The van der Waals surface area contributed by atoms with Gasteiger partial charge in [0.2, 0.25) is 0 Å². The Bertz CT molecular complexity index is 514. The second kappa shape index (κ2) is 7.78. The molecule has 2 rings (SSSR count). The zero-order valence-electron chi connectivity index (χ0n) is 14.2. The third kappa shape index (κ3) is 4.10. The molecule has 0 unspecified atom stereocenters. The van der Waals surface area contributed by atoms with Crippen molar-refractivity contribution in [3.05, 3.63) is 48.0 Å². The molecule has 1 aliphatic carbocycles. The van der Waals surface area contributed by atoms with Crippen molar-refractivity contribution in [1.82, 2.24) is 0 Å². The van der Waals surface area contributed by atoms with Crippen molar-refractivity contribution in [2.24, 2.45) is 23.7 Å². The maximum Gasteiger partial charge on any atom is 0.0755 e. The van der Waals surface area contributed by atoms with Crippen LogP contribution in [0.25, 0.3) is 12.2 Å². The van der Waals surface area contributed by atoms with Gasteiger partial charge in [0.15, 0.2) is 0 Å². The van der Waals surface area contributed by atoms with Crippen LogP contribution in [0.4, 0.5) is 0 Å². The Morgan fingerprint density at radius 1 is 1.14 bits per heavy atom. The van der Waals surface area contributed by atoms with Crippen molar-refractivity contribution in [2.75, 3.05) is 0 Å². The van der Waals surface area contributed by atoms with Crippen LogP contribution in [0.5, 0.6) is 0 Å². The highest BCUT2D eigenvalue weighted by Crippen LogP contribution is 2.40. The molecule has 1 aliphatic rings. The fourth-order valence-corrected chi connectivity index (χ4v) is 3.86. The number of hydrogen-bond acceptors (Lipinski definition) is 1. The molecule has 0 aliphatic heterocycles. The van der Waals surface area contributed by atoms with E-state index in [4.69, 9.17) is 0 Å². The molecule has 1 nitrogen and oxygen atoms in total. The van der Waals surface area contributed by atoms with Crippen LogP contribution in [-0.2, 0) is 0 Å². The van der Waals surface area contributed by atoms with Gasteiger partial charge in [-0.15, -0.1) is 0 Å². The molecule has 1 heteroatoms. The molecule has 0 saturated heterocycles. The Kier molecular flexibility index (Phi) is 6.02. The molecule has 4 atom stereocenters. The SMILES string of the molecule is C=Cc1ccccc1/C=C/[C@@H](O)[C@@H]1C[C@H](C)CC[C@H]1C(C)C. The summed E-state index contributed by atoms with van der Waals surface area (Å²) in [5.74, 6) is 2.38. The number of aliphatic hydroxyl groups is 1. The Morgan fingerprint density at radius 3 is 2.45 bits per heavy atom. The minimum atomic E-state index is -0.354. The molecule has 0 bridgehead atoms. The first-order valence-electron chi connectivity index (χ1n) is 8.60. The summed E-state index contributed by atoms with van der Waals surface area (Å²) in [6, 6.07) is 8.17. The van der Waals surface area contributed by atoms with Gasteiger partial charge in [0.25, 0.3) is 0 Å². The van der Waals surface area contributed by atoms with Gasteiger partial charge in [-0.3, -0.25) is 0 Å². The standard InChI is InChI=1S/C21H30O/c1-5-17-8-6-7-9-18(17)11-13-21(22)20-14-16(4)10-12-19(20)15(2)3/h5-9,11,13,15-16,19-22H,1,10,12,14H2,2-4H3/b13-11+/t16-,19+,20-,21-/m1/s1. The van der Waals surface area contributed by atoms with Crippen molar-refractivity contribution in [2.45, 2.75) is 46.1 Å². The molecular weight excluding hydrogens is 268 g/mol. The zero-order valence-corrected chi connectivity index (χ0v) is 14.2. The molecule has 0 spiro atoms. The Morgan fingerprint density at radius 2 is 1.82 bits per heavy atom. The smallest absolute Gasteiger partial charge is 0.0755 e. The van der Waals surface area contributed by atoms with Crippen LogP contribution in [0.15, 0.2) is 36.9 Å². The van der Waals surface area contributed by atoms with Crippen LogP contribution in [0.2, 0.25) is 0 Å². The third-order valence-electron chi connectivity index (χ3n) is 5.20. The van der Waals surface area contributed by atoms with Gasteiger partial charge in [-0.2, -0.15) is 0 Å². The molecule has 1 aromatic rings. The van der Waals surface area contributed by atoms with Crippen LogP contribution in [0.1, 0.15) is 51.2 Å². The van der Waals surface area contributed by atoms with Gasteiger partial charge >= 0.3 is 0 Å². The number of benzene rings is 1. The van der Waals surface area contributed by atoms with E-state index in [1.807, 2.05) is 24.3 Å². The first kappa shape index (κ1) is 17.0. The summed E-state index contributed by atoms with van der Waals surface area (Å²) in [4.78, 5) is 0. The second-order valence-corrected chi connectivity index (χ2v) is 7.17. The molecule has 0 aromatic heterocycles. The summed E-state index contributed by atoms with van der Waals surface area (Å²) in [5.41, 5.74) is 2.24. The summed E-state index contributed by atoms with van der Waals surface area (Å²) in [6.45, 7) is 10.7.